The van der Waals surface area contributed by atoms with Crippen LogP contribution in [0.25, 0.3) is 11.4 Å². The fourth-order valence-corrected chi connectivity index (χ4v) is 2.67. The summed E-state index contributed by atoms with van der Waals surface area (Å²) in [5.41, 5.74) is 1.07. The average Bonchev–Trinajstić information content (AvgIpc) is 2.97. The van der Waals surface area contributed by atoms with Crippen LogP contribution < -0.4 is 0 Å². The zero-order valence-corrected chi connectivity index (χ0v) is 12.1. The van der Waals surface area contributed by atoms with Crippen LogP contribution in [0.5, 0.6) is 0 Å². The van der Waals surface area contributed by atoms with Crippen molar-refractivity contribution in [3.63, 3.8) is 0 Å². The van der Waals surface area contributed by atoms with Crippen LogP contribution in [0.2, 0.25) is 0 Å². The van der Waals surface area contributed by atoms with Gasteiger partial charge in [0.25, 0.3) is 0 Å². The Balaban J connectivity index is 1.64. The van der Waals surface area contributed by atoms with Gasteiger partial charge in [0, 0.05) is 37.6 Å². The Morgan fingerprint density at radius 2 is 1.90 bits per heavy atom. The first-order valence-electron chi connectivity index (χ1n) is 7.37. The molecule has 1 aliphatic rings. The molecule has 0 aliphatic carbocycles. The van der Waals surface area contributed by atoms with Gasteiger partial charge in [-0.3, -0.25) is 4.90 Å². The molecule has 0 radical (unpaired) electrons. The molecule has 1 atom stereocenters. The topological polar surface area (TPSA) is 50.5 Å². The van der Waals surface area contributed by atoms with Crippen molar-refractivity contribution in [2.24, 2.45) is 0 Å². The van der Waals surface area contributed by atoms with Crippen molar-refractivity contribution >= 4 is 0 Å². The van der Waals surface area contributed by atoms with Crippen molar-refractivity contribution in [2.75, 3.05) is 32.8 Å². The highest BCUT2D eigenvalue weighted by Gasteiger charge is 2.16. The summed E-state index contributed by atoms with van der Waals surface area (Å²) >= 11 is 0. The highest BCUT2D eigenvalue weighted by molar-refractivity contribution is 5.55. The molecule has 5 heteroatoms. The molecule has 0 saturated carbocycles. The highest BCUT2D eigenvalue weighted by atomic mass is 16.5. The van der Waals surface area contributed by atoms with E-state index in [1.165, 1.54) is 0 Å². The maximum absolute atomic E-state index is 10.3. The third-order valence-electron chi connectivity index (χ3n) is 3.73. The van der Waals surface area contributed by atoms with E-state index < -0.39 is 6.10 Å². The van der Waals surface area contributed by atoms with Crippen LogP contribution in [0.4, 0.5) is 0 Å². The first kappa shape index (κ1) is 14.3. The van der Waals surface area contributed by atoms with E-state index in [0.29, 0.717) is 13.1 Å². The second-order valence-electron chi connectivity index (χ2n) is 5.34. The molecule has 0 amide bonds. The molecule has 1 aromatic heterocycles. The molecule has 1 aromatic carbocycles. The van der Waals surface area contributed by atoms with Crippen LogP contribution in [0.15, 0.2) is 42.7 Å². The number of benzene rings is 1. The van der Waals surface area contributed by atoms with Gasteiger partial charge >= 0.3 is 0 Å². The molecule has 1 N–H and O–H groups in total. The van der Waals surface area contributed by atoms with Gasteiger partial charge in [0.05, 0.1) is 25.9 Å². The van der Waals surface area contributed by atoms with Crippen molar-refractivity contribution in [1.29, 1.82) is 0 Å². The van der Waals surface area contributed by atoms with E-state index in [1.807, 2.05) is 41.1 Å². The molecule has 2 aromatic rings. The molecule has 21 heavy (non-hydrogen) atoms. The van der Waals surface area contributed by atoms with E-state index in [4.69, 9.17) is 4.74 Å². The minimum absolute atomic E-state index is 0.403. The number of imidazole rings is 1. The fourth-order valence-electron chi connectivity index (χ4n) is 2.67. The van der Waals surface area contributed by atoms with Gasteiger partial charge in [0.1, 0.15) is 5.82 Å². The number of hydrogen-bond donors (Lipinski definition) is 1. The number of aliphatic hydroxyl groups excluding tert-OH is 1. The molecular weight excluding hydrogens is 266 g/mol. The van der Waals surface area contributed by atoms with Gasteiger partial charge < -0.3 is 14.4 Å². The van der Waals surface area contributed by atoms with Crippen LogP contribution in [-0.4, -0.2) is 58.5 Å². The van der Waals surface area contributed by atoms with E-state index >= 15 is 0 Å². The minimum atomic E-state index is -0.403. The second kappa shape index (κ2) is 6.85. The molecule has 1 saturated heterocycles. The summed E-state index contributed by atoms with van der Waals surface area (Å²) in [5, 5.41) is 10.3. The highest BCUT2D eigenvalue weighted by Crippen LogP contribution is 2.17. The van der Waals surface area contributed by atoms with Gasteiger partial charge in [-0.1, -0.05) is 30.3 Å². The summed E-state index contributed by atoms with van der Waals surface area (Å²) < 4.78 is 7.34. The van der Waals surface area contributed by atoms with Gasteiger partial charge in [-0.25, -0.2) is 4.98 Å². The van der Waals surface area contributed by atoms with Crippen molar-refractivity contribution < 1.29 is 9.84 Å². The van der Waals surface area contributed by atoms with E-state index in [1.54, 1.807) is 6.20 Å². The van der Waals surface area contributed by atoms with E-state index in [9.17, 15) is 5.11 Å². The van der Waals surface area contributed by atoms with Crippen LogP contribution in [0, 0.1) is 0 Å². The third kappa shape index (κ3) is 3.69. The molecule has 1 fully saturated rings. The van der Waals surface area contributed by atoms with E-state index in [-0.39, 0.29) is 0 Å². The lowest BCUT2D eigenvalue weighted by molar-refractivity contribution is 0.0116. The van der Waals surface area contributed by atoms with Crippen LogP contribution >= 0.6 is 0 Å². The molecule has 0 spiro atoms. The predicted molar refractivity (Wildman–Crippen MR) is 80.9 cm³/mol. The number of aliphatic hydroxyl groups is 1. The molecule has 3 rings (SSSR count). The smallest absolute Gasteiger partial charge is 0.139 e. The maximum atomic E-state index is 10.3. The SMILES string of the molecule is OC(CN1CCOCC1)Cn1ccnc1-c1ccccc1. The summed E-state index contributed by atoms with van der Waals surface area (Å²) in [6, 6.07) is 10.1. The van der Waals surface area contributed by atoms with Crippen LogP contribution in [0.1, 0.15) is 0 Å². The Bertz CT molecular complexity index is 550. The molecular formula is C16H21N3O2. The second-order valence-corrected chi connectivity index (χ2v) is 5.34. The van der Waals surface area contributed by atoms with Crippen LogP contribution in [-0.2, 0) is 11.3 Å². The number of rotatable bonds is 5. The molecule has 5 nitrogen and oxygen atoms in total. The fraction of sp³-hybridized carbons (Fsp3) is 0.438. The average molecular weight is 287 g/mol. The summed E-state index contributed by atoms with van der Waals surface area (Å²) in [6.45, 7) is 4.54. The Labute approximate surface area is 124 Å². The number of aromatic nitrogens is 2. The number of hydrogen-bond acceptors (Lipinski definition) is 4. The number of nitrogens with zero attached hydrogens (tertiary/aromatic N) is 3. The van der Waals surface area contributed by atoms with E-state index in [0.717, 1.165) is 37.7 Å². The quantitative estimate of drug-likeness (QED) is 0.899. The van der Waals surface area contributed by atoms with Crippen LogP contribution in [0.3, 0.4) is 0 Å². The zero-order valence-electron chi connectivity index (χ0n) is 12.1. The predicted octanol–water partition coefficient (Wildman–Crippen LogP) is 1.24. The Morgan fingerprint density at radius 1 is 1.14 bits per heavy atom. The molecule has 2 heterocycles. The Morgan fingerprint density at radius 3 is 2.67 bits per heavy atom. The minimum Gasteiger partial charge on any atom is -0.390 e. The largest absolute Gasteiger partial charge is 0.390 e. The Hall–Kier alpha value is -1.69. The van der Waals surface area contributed by atoms with Crippen molar-refractivity contribution in [2.45, 2.75) is 12.6 Å². The molecule has 112 valence electrons. The molecule has 1 aliphatic heterocycles. The lowest BCUT2D eigenvalue weighted by Gasteiger charge is -2.28. The normalized spacial score (nSPS) is 17.8. The summed E-state index contributed by atoms with van der Waals surface area (Å²) in [7, 11) is 0. The first-order valence-corrected chi connectivity index (χ1v) is 7.37. The van der Waals surface area contributed by atoms with Gasteiger partial charge in [0.2, 0.25) is 0 Å². The molecule has 1 unspecified atom stereocenters. The van der Waals surface area contributed by atoms with Gasteiger partial charge in [-0.15, -0.1) is 0 Å². The Kier molecular flexibility index (Phi) is 4.65. The van der Waals surface area contributed by atoms with Gasteiger partial charge in [-0.2, -0.15) is 0 Å². The number of β-amino-alcohol motifs (C(OH)–C–C–N with tert-alkyl or cyclic N) is 1. The summed E-state index contributed by atoms with van der Waals surface area (Å²) in [6.07, 6.45) is 3.30. The standard InChI is InChI=1S/C16H21N3O2/c20-15(12-18-8-10-21-11-9-18)13-19-7-6-17-16(19)14-4-2-1-3-5-14/h1-7,15,20H,8-13H2. The lowest BCUT2D eigenvalue weighted by Crippen LogP contribution is -2.42. The summed E-state index contributed by atoms with van der Waals surface area (Å²) in [5.74, 6) is 0.900. The first-order chi connectivity index (χ1) is 10.3. The number of morpholine rings is 1. The van der Waals surface area contributed by atoms with Crippen molar-refractivity contribution in [3.8, 4) is 11.4 Å². The van der Waals surface area contributed by atoms with Crippen molar-refractivity contribution in [3.05, 3.63) is 42.7 Å². The van der Waals surface area contributed by atoms with Gasteiger partial charge in [-0.05, 0) is 0 Å². The number of ether oxygens (including phenoxy) is 1. The molecule has 0 bridgehead atoms. The summed E-state index contributed by atoms with van der Waals surface area (Å²) in [4.78, 5) is 6.65. The van der Waals surface area contributed by atoms with E-state index in [2.05, 4.69) is 9.88 Å². The zero-order chi connectivity index (χ0) is 14.5. The van der Waals surface area contributed by atoms with Gasteiger partial charge in [0.15, 0.2) is 0 Å². The van der Waals surface area contributed by atoms with Crippen molar-refractivity contribution in [1.82, 2.24) is 14.5 Å². The third-order valence-corrected chi connectivity index (χ3v) is 3.73. The maximum Gasteiger partial charge on any atom is 0.139 e. The monoisotopic (exact) mass is 287 g/mol. The lowest BCUT2D eigenvalue weighted by atomic mass is 10.2.